The maximum Gasteiger partial charge on any atom is 0.273 e. The molecule has 1 saturated carbocycles. The van der Waals surface area contributed by atoms with E-state index in [-0.39, 0.29) is 11.9 Å². The molecule has 1 fully saturated rings. The number of nitrogens with two attached hydrogens (primary N) is 1. The summed E-state index contributed by atoms with van der Waals surface area (Å²) < 4.78 is 5.25. The number of hydrogen-bond donors (Lipinski definition) is 2. The molecule has 3 N–H and O–H groups in total. The van der Waals surface area contributed by atoms with E-state index in [1.165, 1.54) is 6.26 Å². The quantitative estimate of drug-likeness (QED) is 0.815. The number of oxazole rings is 1. The van der Waals surface area contributed by atoms with Crippen molar-refractivity contribution in [2.24, 2.45) is 11.7 Å². The molecule has 1 aromatic heterocycles. The molecule has 0 aliphatic heterocycles. The molecule has 0 bridgehead atoms. The zero-order valence-corrected chi connectivity index (χ0v) is 10.3. The molecular weight excluding hydrogens is 218 g/mol. The highest BCUT2D eigenvalue weighted by molar-refractivity contribution is 5.92. The third kappa shape index (κ3) is 3.30. The number of nitrogens with one attached hydrogen (secondary N) is 1. The summed E-state index contributed by atoms with van der Waals surface area (Å²) >= 11 is 0. The number of nitrogens with zero attached hydrogens (tertiary/aromatic N) is 1. The highest BCUT2D eigenvalue weighted by atomic mass is 16.3. The van der Waals surface area contributed by atoms with Gasteiger partial charge in [-0.25, -0.2) is 4.98 Å². The molecule has 1 aliphatic rings. The molecule has 0 aromatic carbocycles. The second kappa shape index (κ2) is 4.87. The number of carbonyl (C=O) groups is 1. The molecule has 2 rings (SSSR count). The van der Waals surface area contributed by atoms with Crippen molar-refractivity contribution in [2.75, 3.05) is 0 Å². The maximum atomic E-state index is 11.7. The van der Waals surface area contributed by atoms with Crippen molar-refractivity contribution in [3.05, 3.63) is 17.8 Å². The van der Waals surface area contributed by atoms with Gasteiger partial charge in [0.05, 0.1) is 6.04 Å². The van der Waals surface area contributed by atoms with Crippen LogP contribution in [0.25, 0.3) is 0 Å². The summed E-state index contributed by atoms with van der Waals surface area (Å²) in [5.74, 6) is 0.750. The minimum absolute atomic E-state index is 0.167. The maximum absolute atomic E-state index is 11.7. The van der Waals surface area contributed by atoms with E-state index in [1.807, 2.05) is 0 Å². The lowest BCUT2D eigenvalue weighted by atomic mass is 10.0. The monoisotopic (exact) mass is 237 g/mol. The average Bonchev–Trinajstić information content (AvgIpc) is 2.92. The van der Waals surface area contributed by atoms with E-state index < -0.39 is 0 Å². The van der Waals surface area contributed by atoms with Crippen LogP contribution in [0.1, 0.15) is 55.5 Å². The fourth-order valence-corrected chi connectivity index (χ4v) is 1.66. The van der Waals surface area contributed by atoms with Crippen molar-refractivity contribution in [3.8, 4) is 0 Å². The zero-order valence-electron chi connectivity index (χ0n) is 10.3. The molecule has 1 aliphatic carbocycles. The number of carbonyl (C=O) groups excluding carboxylic acids is 1. The van der Waals surface area contributed by atoms with Crippen molar-refractivity contribution >= 4 is 5.91 Å². The molecule has 1 unspecified atom stereocenters. The van der Waals surface area contributed by atoms with Crippen molar-refractivity contribution in [2.45, 2.75) is 45.2 Å². The van der Waals surface area contributed by atoms with E-state index in [2.05, 4.69) is 24.1 Å². The summed E-state index contributed by atoms with van der Waals surface area (Å²) in [7, 11) is 0. The highest BCUT2D eigenvalue weighted by Crippen LogP contribution is 2.20. The standard InChI is InChI=1S/C12H19N3O2/c1-7(2)5-9(13)12-15-10(6-17-12)11(16)14-8-3-4-8/h6-9H,3-5,13H2,1-2H3,(H,14,16). The molecule has 1 aromatic rings. The molecule has 1 heterocycles. The molecular formula is C12H19N3O2. The van der Waals surface area contributed by atoms with Crippen molar-refractivity contribution in [1.82, 2.24) is 10.3 Å². The summed E-state index contributed by atoms with van der Waals surface area (Å²) in [5, 5.41) is 2.86. The van der Waals surface area contributed by atoms with E-state index in [0.717, 1.165) is 19.3 Å². The van der Waals surface area contributed by atoms with Crippen LogP contribution in [0.2, 0.25) is 0 Å². The van der Waals surface area contributed by atoms with Crippen molar-refractivity contribution in [3.63, 3.8) is 0 Å². The number of rotatable bonds is 5. The summed E-state index contributed by atoms with van der Waals surface area (Å²) in [6.07, 6.45) is 4.30. The largest absolute Gasteiger partial charge is 0.446 e. The second-order valence-corrected chi connectivity index (χ2v) is 5.05. The van der Waals surface area contributed by atoms with Gasteiger partial charge in [-0.3, -0.25) is 4.79 Å². The molecule has 5 heteroatoms. The van der Waals surface area contributed by atoms with Crippen LogP contribution in [-0.4, -0.2) is 16.9 Å². The van der Waals surface area contributed by atoms with Gasteiger partial charge in [0.2, 0.25) is 5.89 Å². The van der Waals surface area contributed by atoms with Crippen molar-refractivity contribution < 1.29 is 9.21 Å². The van der Waals surface area contributed by atoms with Crippen LogP contribution >= 0.6 is 0 Å². The SMILES string of the molecule is CC(C)CC(N)c1nc(C(=O)NC2CC2)co1. The van der Waals surface area contributed by atoms with Gasteiger partial charge in [-0.15, -0.1) is 0 Å². The molecule has 1 amide bonds. The Morgan fingerprint density at radius 2 is 2.35 bits per heavy atom. The van der Waals surface area contributed by atoms with Gasteiger partial charge in [-0.2, -0.15) is 0 Å². The number of amides is 1. The summed E-state index contributed by atoms with van der Waals surface area (Å²) in [6, 6.07) is 0.0875. The van der Waals surface area contributed by atoms with Gasteiger partial charge in [0.1, 0.15) is 6.26 Å². The topological polar surface area (TPSA) is 81.1 Å². The first-order valence-corrected chi connectivity index (χ1v) is 6.08. The Morgan fingerprint density at radius 3 is 2.94 bits per heavy atom. The molecule has 5 nitrogen and oxygen atoms in total. The van der Waals surface area contributed by atoms with Gasteiger partial charge >= 0.3 is 0 Å². The van der Waals surface area contributed by atoms with E-state index >= 15 is 0 Å². The van der Waals surface area contributed by atoms with Crippen molar-refractivity contribution in [1.29, 1.82) is 0 Å². The third-order valence-corrected chi connectivity index (χ3v) is 2.71. The lowest BCUT2D eigenvalue weighted by Crippen LogP contribution is -2.25. The predicted octanol–water partition coefficient (Wildman–Crippen LogP) is 1.61. The minimum Gasteiger partial charge on any atom is -0.446 e. The van der Waals surface area contributed by atoms with Crippen LogP contribution in [0.15, 0.2) is 10.7 Å². The molecule has 0 spiro atoms. The fraction of sp³-hybridized carbons (Fsp3) is 0.667. The Bertz CT molecular complexity index is 396. The second-order valence-electron chi connectivity index (χ2n) is 5.05. The highest BCUT2D eigenvalue weighted by Gasteiger charge is 2.25. The van der Waals surface area contributed by atoms with Gasteiger partial charge in [0.15, 0.2) is 5.69 Å². The van der Waals surface area contributed by atoms with Crippen LogP contribution in [0.5, 0.6) is 0 Å². The summed E-state index contributed by atoms with van der Waals surface area (Å²) in [4.78, 5) is 15.8. The van der Waals surface area contributed by atoms with Crippen LogP contribution in [-0.2, 0) is 0 Å². The Morgan fingerprint density at radius 1 is 1.65 bits per heavy atom. The molecule has 94 valence electrons. The van der Waals surface area contributed by atoms with Crippen LogP contribution in [0.4, 0.5) is 0 Å². The Kier molecular flexibility index (Phi) is 3.47. The third-order valence-electron chi connectivity index (χ3n) is 2.71. The first kappa shape index (κ1) is 12.1. The first-order chi connectivity index (χ1) is 8.06. The van der Waals surface area contributed by atoms with E-state index in [4.69, 9.17) is 10.2 Å². The van der Waals surface area contributed by atoms with Gasteiger partial charge in [-0.05, 0) is 25.2 Å². The predicted molar refractivity (Wildman–Crippen MR) is 63.4 cm³/mol. The number of aromatic nitrogens is 1. The zero-order chi connectivity index (χ0) is 12.4. The molecule has 1 atom stereocenters. The Labute approximate surface area is 101 Å². The van der Waals surface area contributed by atoms with Gasteiger partial charge in [-0.1, -0.05) is 13.8 Å². The smallest absolute Gasteiger partial charge is 0.273 e. The Balaban J connectivity index is 1.96. The Hall–Kier alpha value is -1.36. The average molecular weight is 237 g/mol. The van der Waals surface area contributed by atoms with E-state index in [1.54, 1.807) is 0 Å². The van der Waals surface area contributed by atoms with Gasteiger partial charge in [0.25, 0.3) is 5.91 Å². The van der Waals surface area contributed by atoms with Crippen LogP contribution < -0.4 is 11.1 Å². The summed E-state index contributed by atoms with van der Waals surface area (Å²) in [5.41, 5.74) is 6.26. The first-order valence-electron chi connectivity index (χ1n) is 6.08. The minimum atomic E-state index is -0.238. The fourth-order valence-electron chi connectivity index (χ4n) is 1.66. The molecule has 0 radical (unpaired) electrons. The lowest BCUT2D eigenvalue weighted by molar-refractivity contribution is 0.0946. The van der Waals surface area contributed by atoms with Gasteiger partial charge < -0.3 is 15.5 Å². The normalized spacial score (nSPS) is 17.2. The van der Waals surface area contributed by atoms with E-state index in [0.29, 0.717) is 23.5 Å². The summed E-state index contributed by atoms with van der Waals surface area (Å²) in [6.45, 7) is 4.17. The van der Waals surface area contributed by atoms with Gasteiger partial charge in [0, 0.05) is 6.04 Å². The molecule has 0 saturated heterocycles. The van der Waals surface area contributed by atoms with Crippen LogP contribution in [0, 0.1) is 5.92 Å². The number of hydrogen-bond acceptors (Lipinski definition) is 4. The van der Waals surface area contributed by atoms with Crippen LogP contribution in [0.3, 0.4) is 0 Å². The molecule has 17 heavy (non-hydrogen) atoms. The lowest BCUT2D eigenvalue weighted by Gasteiger charge is -2.09. The van der Waals surface area contributed by atoms with E-state index in [9.17, 15) is 4.79 Å².